The number of nitro benzene ring substituents is 1. The molecule has 0 spiro atoms. The molecule has 2 rings (SSSR count). The van der Waals surface area contributed by atoms with E-state index in [0.717, 1.165) is 24.9 Å². The van der Waals surface area contributed by atoms with Crippen LogP contribution in [0.4, 0.5) is 11.4 Å². The first-order valence-corrected chi connectivity index (χ1v) is 6.53. The molecule has 0 amide bonds. The molecule has 0 bridgehead atoms. The molecular weight excluding hydrogens is 244 g/mol. The number of benzene rings is 1. The van der Waals surface area contributed by atoms with E-state index in [9.17, 15) is 10.1 Å². The first-order chi connectivity index (χ1) is 9.20. The number of nitrogens with one attached hydrogen (secondary N) is 1. The van der Waals surface area contributed by atoms with Gasteiger partial charge in [0.15, 0.2) is 5.75 Å². The van der Waals surface area contributed by atoms with E-state index in [4.69, 9.17) is 4.74 Å². The number of ether oxygens (including phenoxy) is 1. The normalized spacial score (nSPS) is 14.6. The van der Waals surface area contributed by atoms with Gasteiger partial charge in [0.05, 0.1) is 11.5 Å². The lowest BCUT2D eigenvalue weighted by molar-refractivity contribution is -0.385. The lowest BCUT2D eigenvalue weighted by Gasteiger charge is -2.14. The Balaban J connectivity index is 2.14. The number of nitrogens with zero attached hydrogens (tertiary/aromatic N) is 1. The Morgan fingerprint density at radius 3 is 2.79 bits per heavy atom. The van der Waals surface area contributed by atoms with Gasteiger partial charge in [0, 0.05) is 23.9 Å². The van der Waals surface area contributed by atoms with Crippen LogP contribution in [0.25, 0.3) is 0 Å². The van der Waals surface area contributed by atoms with E-state index in [1.807, 2.05) is 6.92 Å². The van der Waals surface area contributed by atoms with Crippen LogP contribution in [0, 0.1) is 10.1 Å². The van der Waals surface area contributed by atoms with Crippen LogP contribution in [-0.4, -0.2) is 17.6 Å². The van der Waals surface area contributed by atoms with E-state index < -0.39 is 4.92 Å². The minimum atomic E-state index is -0.411. The van der Waals surface area contributed by atoms with Crippen LogP contribution >= 0.6 is 0 Å². The van der Waals surface area contributed by atoms with Gasteiger partial charge in [-0.25, -0.2) is 0 Å². The molecule has 0 aromatic heterocycles. The highest BCUT2D eigenvalue weighted by Gasteiger charge is 2.17. The summed E-state index contributed by atoms with van der Waals surface area (Å²) in [5.41, 5.74) is 0.883. The molecule has 5 nitrogen and oxygen atoms in total. The molecule has 0 saturated heterocycles. The zero-order chi connectivity index (χ0) is 13.7. The Kier molecular flexibility index (Phi) is 4.39. The van der Waals surface area contributed by atoms with Gasteiger partial charge in [-0.15, -0.1) is 0 Å². The van der Waals surface area contributed by atoms with Crippen LogP contribution in [0.3, 0.4) is 0 Å². The zero-order valence-corrected chi connectivity index (χ0v) is 11.0. The fourth-order valence-corrected chi connectivity index (χ4v) is 2.05. The monoisotopic (exact) mass is 262 g/mol. The maximum absolute atomic E-state index is 10.9. The molecule has 5 heteroatoms. The molecule has 0 radical (unpaired) electrons. The van der Waals surface area contributed by atoms with E-state index in [0.29, 0.717) is 18.4 Å². The molecule has 0 atom stereocenters. The summed E-state index contributed by atoms with van der Waals surface area (Å²) in [5, 5.41) is 14.3. The van der Waals surface area contributed by atoms with Gasteiger partial charge < -0.3 is 10.1 Å². The number of anilines is 1. The van der Waals surface area contributed by atoms with Gasteiger partial charge in [-0.1, -0.05) is 19.1 Å². The van der Waals surface area contributed by atoms with E-state index in [1.165, 1.54) is 6.07 Å². The smallest absolute Gasteiger partial charge is 0.311 e. The summed E-state index contributed by atoms with van der Waals surface area (Å²) in [6, 6.07) is 5.32. The van der Waals surface area contributed by atoms with E-state index in [-0.39, 0.29) is 5.69 Å². The fourth-order valence-electron chi connectivity index (χ4n) is 2.05. The molecule has 0 saturated carbocycles. The zero-order valence-electron chi connectivity index (χ0n) is 11.0. The van der Waals surface area contributed by atoms with Gasteiger partial charge in [-0.05, 0) is 25.3 Å². The Bertz CT molecular complexity index is 478. The second-order valence-corrected chi connectivity index (χ2v) is 4.57. The predicted octanol–water partition coefficient (Wildman–Crippen LogP) is 3.51. The molecule has 19 heavy (non-hydrogen) atoms. The van der Waals surface area contributed by atoms with Crippen LogP contribution in [-0.2, 0) is 0 Å². The quantitative estimate of drug-likeness (QED) is 0.484. The average Bonchev–Trinajstić information content (AvgIpc) is 2.89. The maximum atomic E-state index is 10.9. The minimum Gasteiger partial charge on any atom is -0.487 e. The summed E-state index contributed by atoms with van der Waals surface area (Å²) in [6.07, 6.45) is 7.07. The van der Waals surface area contributed by atoms with Crippen molar-refractivity contribution in [1.29, 1.82) is 0 Å². The van der Waals surface area contributed by atoms with Crippen molar-refractivity contribution in [1.82, 2.24) is 0 Å². The molecule has 1 N–H and O–H groups in total. The molecule has 0 aliphatic heterocycles. The van der Waals surface area contributed by atoms with Crippen LogP contribution in [0.2, 0.25) is 0 Å². The van der Waals surface area contributed by atoms with Crippen molar-refractivity contribution < 1.29 is 9.66 Å². The predicted molar refractivity (Wildman–Crippen MR) is 74.7 cm³/mol. The Morgan fingerprint density at radius 2 is 2.16 bits per heavy atom. The number of hydrogen-bond acceptors (Lipinski definition) is 4. The fraction of sp³-hybridized carbons (Fsp3) is 0.429. The van der Waals surface area contributed by atoms with Gasteiger partial charge in [0.25, 0.3) is 0 Å². The number of hydrogen-bond donors (Lipinski definition) is 1. The van der Waals surface area contributed by atoms with Gasteiger partial charge in [0.1, 0.15) is 0 Å². The van der Waals surface area contributed by atoms with Crippen molar-refractivity contribution in [3.63, 3.8) is 0 Å². The highest BCUT2D eigenvalue weighted by Crippen LogP contribution is 2.31. The number of rotatable bonds is 6. The van der Waals surface area contributed by atoms with Crippen molar-refractivity contribution in [2.75, 3.05) is 11.9 Å². The highest BCUT2D eigenvalue weighted by atomic mass is 16.6. The Hall–Kier alpha value is -2.04. The molecule has 1 aliphatic rings. The molecule has 1 aliphatic carbocycles. The van der Waals surface area contributed by atoms with E-state index in [2.05, 4.69) is 17.5 Å². The third-order valence-electron chi connectivity index (χ3n) is 3.00. The molecule has 1 aromatic rings. The van der Waals surface area contributed by atoms with Crippen LogP contribution < -0.4 is 10.1 Å². The van der Waals surface area contributed by atoms with Gasteiger partial charge in [-0.3, -0.25) is 10.1 Å². The molecule has 1 aromatic carbocycles. The molecular formula is C14H18N2O3. The van der Waals surface area contributed by atoms with Crippen molar-refractivity contribution >= 4 is 11.4 Å². The van der Waals surface area contributed by atoms with Crippen LogP contribution in [0.1, 0.15) is 26.2 Å². The topological polar surface area (TPSA) is 64.4 Å². The number of nitro groups is 1. The van der Waals surface area contributed by atoms with Gasteiger partial charge in [0.2, 0.25) is 0 Å². The summed E-state index contributed by atoms with van der Waals surface area (Å²) < 4.78 is 5.46. The van der Waals surface area contributed by atoms with Crippen molar-refractivity contribution in [3.8, 4) is 5.75 Å². The third kappa shape index (κ3) is 3.47. The van der Waals surface area contributed by atoms with Crippen molar-refractivity contribution in [3.05, 3.63) is 40.5 Å². The summed E-state index contributed by atoms with van der Waals surface area (Å²) in [5.74, 6) is 0.336. The second kappa shape index (κ2) is 6.22. The maximum Gasteiger partial charge on any atom is 0.311 e. The van der Waals surface area contributed by atoms with Gasteiger partial charge in [-0.2, -0.15) is 0 Å². The first-order valence-electron chi connectivity index (χ1n) is 6.53. The van der Waals surface area contributed by atoms with Crippen LogP contribution in [0.5, 0.6) is 5.75 Å². The lowest BCUT2D eigenvalue weighted by Crippen LogP contribution is -2.15. The van der Waals surface area contributed by atoms with Crippen molar-refractivity contribution in [2.24, 2.45) is 0 Å². The Morgan fingerprint density at radius 1 is 1.42 bits per heavy atom. The van der Waals surface area contributed by atoms with Gasteiger partial charge >= 0.3 is 5.69 Å². The summed E-state index contributed by atoms with van der Waals surface area (Å²) in [4.78, 5) is 10.5. The van der Waals surface area contributed by atoms with E-state index >= 15 is 0 Å². The third-order valence-corrected chi connectivity index (χ3v) is 3.00. The Labute approximate surface area is 112 Å². The SMILES string of the molecule is CCCOc1cc(NC2CC=CC2)ccc1[N+](=O)[O-]. The lowest BCUT2D eigenvalue weighted by atomic mass is 10.2. The minimum absolute atomic E-state index is 0.0172. The summed E-state index contributed by atoms with van der Waals surface area (Å²) in [6.45, 7) is 2.45. The largest absolute Gasteiger partial charge is 0.487 e. The first kappa shape index (κ1) is 13.4. The second-order valence-electron chi connectivity index (χ2n) is 4.57. The summed E-state index contributed by atoms with van der Waals surface area (Å²) >= 11 is 0. The van der Waals surface area contributed by atoms with Crippen LogP contribution in [0.15, 0.2) is 30.4 Å². The average molecular weight is 262 g/mol. The molecule has 0 heterocycles. The molecule has 0 unspecified atom stereocenters. The summed E-state index contributed by atoms with van der Waals surface area (Å²) in [7, 11) is 0. The van der Waals surface area contributed by atoms with E-state index in [1.54, 1.807) is 12.1 Å². The highest BCUT2D eigenvalue weighted by molar-refractivity contribution is 5.58. The molecule has 102 valence electrons. The molecule has 0 fully saturated rings. The van der Waals surface area contributed by atoms with Crippen molar-refractivity contribution in [2.45, 2.75) is 32.2 Å². The standard InChI is InChI=1S/C14H18N2O3/c1-2-9-19-14-10-12(7-8-13(14)16(17)18)15-11-5-3-4-6-11/h3-4,7-8,10-11,15H,2,5-6,9H2,1H3.